The number of aliphatic imine (C=N–C) groups is 1. The third kappa shape index (κ3) is 1.32. The zero-order valence-corrected chi connectivity index (χ0v) is 12.4. The van der Waals surface area contributed by atoms with Gasteiger partial charge in [-0.15, -0.1) is 0 Å². The Kier molecular flexibility index (Phi) is 3.00. The molecule has 3 atom stereocenters. The van der Waals surface area contributed by atoms with Crippen LogP contribution in [0.3, 0.4) is 0 Å². The van der Waals surface area contributed by atoms with Crippen molar-refractivity contribution in [3.8, 4) is 12.1 Å². The quantitative estimate of drug-likeness (QED) is 0.840. The zero-order chi connectivity index (χ0) is 16.0. The minimum Gasteiger partial charge on any atom is -0.386 e. The smallest absolute Gasteiger partial charge is 0.292 e. The molecule has 1 fully saturated rings. The average molecular weight is 296 g/mol. The number of fused-ring (bicyclic) bond motifs is 1. The fourth-order valence-corrected chi connectivity index (χ4v) is 3.85. The second-order valence-electron chi connectivity index (χ2n) is 5.57. The average Bonchev–Trinajstić information content (AvgIpc) is 3.08. The maximum atomic E-state index is 9.84. The Morgan fingerprint density at radius 2 is 1.82 bits per heavy atom. The van der Waals surface area contributed by atoms with Gasteiger partial charge in [0.05, 0.1) is 12.1 Å². The number of methoxy groups -OCH3 is 2. The number of rotatable bonds is 4. The summed E-state index contributed by atoms with van der Waals surface area (Å²) in [7, 11) is 2.81. The molecule has 0 bridgehead atoms. The summed E-state index contributed by atoms with van der Waals surface area (Å²) >= 11 is 0. The second-order valence-corrected chi connectivity index (χ2v) is 5.57. The van der Waals surface area contributed by atoms with Crippen LogP contribution in [0, 0.1) is 39.4 Å². The minimum atomic E-state index is -1.53. The lowest BCUT2D eigenvalue weighted by molar-refractivity contribution is -0.232. The normalized spacial score (nSPS) is 34.2. The van der Waals surface area contributed by atoms with E-state index in [1.807, 2.05) is 30.3 Å². The first-order valence-electron chi connectivity index (χ1n) is 6.91. The molecule has 0 radical (unpaired) electrons. The van der Waals surface area contributed by atoms with Crippen LogP contribution < -0.4 is 5.73 Å². The molecule has 1 heterocycles. The molecule has 0 aromatic heterocycles. The van der Waals surface area contributed by atoms with Crippen LogP contribution in [0.4, 0.5) is 0 Å². The monoisotopic (exact) mass is 296 g/mol. The second kappa shape index (κ2) is 4.54. The van der Waals surface area contributed by atoms with Crippen LogP contribution in [0.2, 0.25) is 0 Å². The third-order valence-corrected chi connectivity index (χ3v) is 4.94. The molecule has 2 aliphatic rings. The third-order valence-electron chi connectivity index (χ3n) is 4.94. The van der Waals surface area contributed by atoms with Crippen LogP contribution in [-0.4, -0.2) is 26.0 Å². The first kappa shape index (κ1) is 14.5. The van der Waals surface area contributed by atoms with Crippen molar-refractivity contribution in [3.63, 3.8) is 0 Å². The van der Waals surface area contributed by atoms with E-state index in [1.54, 1.807) is 0 Å². The van der Waals surface area contributed by atoms with Gasteiger partial charge in [-0.3, -0.25) is 0 Å². The fraction of sp³-hybridized carbons (Fsp3) is 0.438. The molecule has 22 heavy (non-hydrogen) atoms. The van der Waals surface area contributed by atoms with Crippen molar-refractivity contribution in [2.75, 3.05) is 14.2 Å². The largest absolute Gasteiger partial charge is 0.386 e. The summed E-state index contributed by atoms with van der Waals surface area (Å²) in [5.74, 6) is -1.74. The van der Waals surface area contributed by atoms with Crippen molar-refractivity contribution >= 4 is 5.84 Å². The van der Waals surface area contributed by atoms with Gasteiger partial charge in [-0.1, -0.05) is 30.3 Å². The summed E-state index contributed by atoms with van der Waals surface area (Å²) in [6.45, 7) is 0. The number of benzene rings is 1. The number of nitrogens with two attached hydrogens (primary N) is 1. The van der Waals surface area contributed by atoms with E-state index >= 15 is 0 Å². The lowest BCUT2D eigenvalue weighted by atomic mass is 9.93. The molecule has 6 nitrogen and oxygen atoms in total. The topological polar surface area (TPSA) is 104 Å². The van der Waals surface area contributed by atoms with Crippen molar-refractivity contribution in [3.05, 3.63) is 35.9 Å². The van der Waals surface area contributed by atoms with Gasteiger partial charge in [-0.2, -0.15) is 10.5 Å². The molecule has 3 rings (SSSR count). The van der Waals surface area contributed by atoms with E-state index in [9.17, 15) is 10.5 Å². The Balaban J connectivity index is 2.09. The SMILES string of the molecule is COC1(OC)N=C(N)[C@@]2(C#N)[C@H](Cc3ccccc3)[C@@]12C#N. The number of hydrogen-bond acceptors (Lipinski definition) is 6. The van der Waals surface area contributed by atoms with Gasteiger partial charge in [-0.25, -0.2) is 4.99 Å². The van der Waals surface area contributed by atoms with Crippen molar-refractivity contribution in [1.29, 1.82) is 10.5 Å². The summed E-state index contributed by atoms with van der Waals surface area (Å²) in [6, 6.07) is 14.1. The van der Waals surface area contributed by atoms with Crippen LogP contribution in [0.15, 0.2) is 35.3 Å². The van der Waals surface area contributed by atoms with Crippen LogP contribution in [-0.2, 0) is 15.9 Å². The van der Waals surface area contributed by atoms with Crippen molar-refractivity contribution < 1.29 is 9.47 Å². The molecular weight excluding hydrogens is 280 g/mol. The first-order chi connectivity index (χ1) is 10.6. The number of hydrogen-bond donors (Lipinski definition) is 1. The van der Waals surface area contributed by atoms with Gasteiger partial charge >= 0.3 is 0 Å². The molecule has 1 aliphatic carbocycles. The molecule has 1 saturated carbocycles. The lowest BCUT2D eigenvalue weighted by Crippen LogP contribution is -2.42. The van der Waals surface area contributed by atoms with Gasteiger partial charge in [0.2, 0.25) is 0 Å². The van der Waals surface area contributed by atoms with Gasteiger partial charge in [0.15, 0.2) is 5.41 Å². The summed E-state index contributed by atoms with van der Waals surface area (Å²) in [4.78, 5) is 4.17. The lowest BCUT2D eigenvalue weighted by Gasteiger charge is -2.29. The van der Waals surface area contributed by atoms with E-state index in [-0.39, 0.29) is 11.8 Å². The van der Waals surface area contributed by atoms with Crippen LogP contribution in [0.25, 0.3) is 0 Å². The number of nitrogens with zero attached hydrogens (tertiary/aromatic N) is 3. The Morgan fingerprint density at radius 3 is 2.32 bits per heavy atom. The Bertz CT molecular complexity index is 714. The van der Waals surface area contributed by atoms with E-state index in [0.29, 0.717) is 6.42 Å². The van der Waals surface area contributed by atoms with Crippen molar-refractivity contribution in [2.24, 2.45) is 27.5 Å². The van der Waals surface area contributed by atoms with E-state index in [4.69, 9.17) is 15.2 Å². The molecule has 1 aliphatic heterocycles. The minimum absolute atomic E-state index is 0.112. The summed E-state index contributed by atoms with van der Waals surface area (Å²) in [5, 5.41) is 19.6. The van der Waals surface area contributed by atoms with Crippen LogP contribution in [0.1, 0.15) is 5.56 Å². The molecular formula is C16H16N4O2. The molecule has 1 aromatic carbocycles. The fourth-order valence-electron chi connectivity index (χ4n) is 3.85. The van der Waals surface area contributed by atoms with Crippen molar-refractivity contribution in [2.45, 2.75) is 12.3 Å². The number of ether oxygens (including phenoxy) is 2. The van der Waals surface area contributed by atoms with E-state index < -0.39 is 16.7 Å². The molecule has 6 heteroatoms. The molecule has 0 unspecified atom stereocenters. The molecule has 1 aromatic rings. The highest BCUT2D eigenvalue weighted by molar-refractivity contribution is 5.98. The number of amidine groups is 1. The Hall–Kier alpha value is -2.41. The van der Waals surface area contributed by atoms with Crippen LogP contribution >= 0.6 is 0 Å². The van der Waals surface area contributed by atoms with Crippen LogP contribution in [0.5, 0.6) is 0 Å². The van der Waals surface area contributed by atoms with Gasteiger partial charge in [0, 0.05) is 20.1 Å². The Labute approximate surface area is 128 Å². The highest BCUT2D eigenvalue weighted by Gasteiger charge is 2.92. The maximum Gasteiger partial charge on any atom is 0.292 e. The van der Waals surface area contributed by atoms with E-state index in [0.717, 1.165) is 5.56 Å². The Morgan fingerprint density at radius 1 is 1.18 bits per heavy atom. The summed E-state index contributed by atoms with van der Waals surface area (Å²) < 4.78 is 10.8. The molecule has 0 saturated heterocycles. The highest BCUT2D eigenvalue weighted by Crippen LogP contribution is 2.78. The van der Waals surface area contributed by atoms with E-state index in [2.05, 4.69) is 17.1 Å². The molecule has 0 spiro atoms. The van der Waals surface area contributed by atoms with Gasteiger partial charge in [0.1, 0.15) is 11.3 Å². The standard InChI is InChI=1S/C16H16N4O2/c1-21-16(22-2)15(10-18)12(8-11-6-4-3-5-7-11)14(15,9-17)13(19)20-16/h3-7,12H,8H2,1-2H3,(H2,19,20)/t12-,14+,15+/m0/s1. The molecule has 0 amide bonds. The highest BCUT2D eigenvalue weighted by atomic mass is 16.7. The first-order valence-corrected chi connectivity index (χ1v) is 6.91. The van der Waals surface area contributed by atoms with Crippen molar-refractivity contribution in [1.82, 2.24) is 0 Å². The summed E-state index contributed by atoms with van der Waals surface area (Å²) in [5.41, 5.74) is 4.65. The predicted octanol–water partition coefficient (Wildman–Crippen LogP) is 1.20. The molecule has 2 N–H and O–H groups in total. The molecule has 112 valence electrons. The van der Waals surface area contributed by atoms with Gasteiger partial charge in [0.25, 0.3) is 5.91 Å². The maximum absolute atomic E-state index is 9.84. The zero-order valence-electron chi connectivity index (χ0n) is 12.4. The van der Waals surface area contributed by atoms with Gasteiger partial charge in [-0.05, 0) is 12.0 Å². The predicted molar refractivity (Wildman–Crippen MR) is 78.1 cm³/mol. The van der Waals surface area contributed by atoms with E-state index in [1.165, 1.54) is 14.2 Å². The number of nitriles is 2. The van der Waals surface area contributed by atoms with Gasteiger partial charge < -0.3 is 15.2 Å². The summed E-state index contributed by atoms with van der Waals surface area (Å²) in [6.07, 6.45) is 0.534.